The Morgan fingerprint density at radius 3 is 2.62 bits per heavy atom. The molecule has 2 aromatic carbocycles. The number of aromatic nitrogens is 3. The molecule has 0 aliphatic carbocycles. The molecule has 1 aromatic heterocycles. The zero-order valence-corrected chi connectivity index (χ0v) is 14.4. The Labute approximate surface area is 152 Å². The fraction of sp³-hybridized carbons (Fsp3) is 0.118. The lowest BCUT2D eigenvalue weighted by Crippen LogP contribution is -2.01. The molecule has 0 saturated heterocycles. The summed E-state index contributed by atoms with van der Waals surface area (Å²) in [6.07, 6.45) is 1.60. The summed E-state index contributed by atoms with van der Waals surface area (Å²) >= 11 is 5.21. The average Bonchev–Trinajstić information content (AvgIpc) is 3.01. The van der Waals surface area contributed by atoms with Crippen LogP contribution in [0.3, 0.4) is 0 Å². The number of ether oxygens (including phenoxy) is 2. The quantitative estimate of drug-likeness (QED) is 0.520. The van der Waals surface area contributed by atoms with Crippen LogP contribution in [0.4, 0.5) is 8.78 Å². The van der Waals surface area contributed by atoms with E-state index in [9.17, 15) is 8.78 Å². The third-order valence-corrected chi connectivity index (χ3v) is 3.70. The molecule has 26 heavy (non-hydrogen) atoms. The van der Waals surface area contributed by atoms with E-state index in [-0.39, 0.29) is 5.75 Å². The van der Waals surface area contributed by atoms with Crippen LogP contribution in [0.25, 0.3) is 11.4 Å². The molecule has 0 atom stereocenters. The number of hydrogen-bond donors (Lipinski definition) is 1. The fourth-order valence-corrected chi connectivity index (χ4v) is 2.44. The molecule has 9 heteroatoms. The third kappa shape index (κ3) is 3.94. The second-order valence-corrected chi connectivity index (χ2v) is 5.44. The van der Waals surface area contributed by atoms with Gasteiger partial charge in [-0.05, 0) is 48.6 Å². The van der Waals surface area contributed by atoms with E-state index in [0.717, 1.165) is 5.56 Å². The van der Waals surface area contributed by atoms with Crippen LogP contribution in [-0.4, -0.2) is 34.8 Å². The topological polar surface area (TPSA) is 64.4 Å². The van der Waals surface area contributed by atoms with Crippen molar-refractivity contribution in [3.8, 4) is 22.9 Å². The number of hydrogen-bond acceptors (Lipinski definition) is 5. The first-order chi connectivity index (χ1) is 12.6. The highest BCUT2D eigenvalue weighted by Crippen LogP contribution is 2.22. The van der Waals surface area contributed by atoms with Crippen molar-refractivity contribution in [3.63, 3.8) is 0 Å². The van der Waals surface area contributed by atoms with Crippen LogP contribution in [-0.2, 0) is 0 Å². The lowest BCUT2D eigenvalue weighted by atomic mass is 10.2. The predicted molar refractivity (Wildman–Crippen MR) is 95.5 cm³/mol. The van der Waals surface area contributed by atoms with Gasteiger partial charge in [0.15, 0.2) is 5.82 Å². The van der Waals surface area contributed by atoms with Crippen molar-refractivity contribution >= 4 is 18.4 Å². The lowest BCUT2D eigenvalue weighted by molar-refractivity contribution is -0.0498. The van der Waals surface area contributed by atoms with Gasteiger partial charge in [0.2, 0.25) is 4.77 Å². The van der Waals surface area contributed by atoms with E-state index in [1.807, 2.05) is 24.3 Å². The highest BCUT2D eigenvalue weighted by atomic mass is 32.1. The van der Waals surface area contributed by atoms with Gasteiger partial charge in [-0.3, -0.25) is 0 Å². The monoisotopic (exact) mass is 376 g/mol. The van der Waals surface area contributed by atoms with Crippen molar-refractivity contribution < 1.29 is 18.3 Å². The van der Waals surface area contributed by atoms with E-state index >= 15 is 0 Å². The molecule has 134 valence electrons. The minimum atomic E-state index is -2.87. The molecular weight excluding hydrogens is 362 g/mol. The Hall–Kier alpha value is -3.07. The van der Waals surface area contributed by atoms with Crippen molar-refractivity contribution in [3.05, 3.63) is 58.9 Å². The first kappa shape index (κ1) is 17.7. The number of halogens is 2. The van der Waals surface area contributed by atoms with Gasteiger partial charge >= 0.3 is 6.61 Å². The van der Waals surface area contributed by atoms with Gasteiger partial charge in [0.25, 0.3) is 0 Å². The fourth-order valence-electron chi connectivity index (χ4n) is 2.26. The van der Waals surface area contributed by atoms with Crippen LogP contribution < -0.4 is 9.47 Å². The zero-order valence-electron chi connectivity index (χ0n) is 13.6. The van der Waals surface area contributed by atoms with Gasteiger partial charge in [0.05, 0.1) is 13.3 Å². The normalized spacial score (nSPS) is 11.2. The summed E-state index contributed by atoms with van der Waals surface area (Å²) in [6.45, 7) is -2.87. The first-order valence-electron chi connectivity index (χ1n) is 7.48. The summed E-state index contributed by atoms with van der Waals surface area (Å²) in [5.41, 5.74) is 1.40. The predicted octanol–water partition coefficient (Wildman–Crippen LogP) is 4.10. The maximum absolute atomic E-state index is 12.2. The highest BCUT2D eigenvalue weighted by molar-refractivity contribution is 7.71. The molecule has 1 heterocycles. The Morgan fingerprint density at radius 1 is 1.19 bits per heavy atom. The third-order valence-electron chi connectivity index (χ3n) is 3.44. The maximum atomic E-state index is 12.2. The van der Waals surface area contributed by atoms with E-state index in [2.05, 4.69) is 20.0 Å². The minimum absolute atomic E-state index is 0.0574. The highest BCUT2D eigenvalue weighted by Gasteiger charge is 2.10. The number of benzene rings is 2. The minimum Gasteiger partial charge on any atom is -0.496 e. The van der Waals surface area contributed by atoms with Crippen molar-refractivity contribution in [2.24, 2.45) is 5.10 Å². The Bertz CT molecular complexity index is 967. The molecule has 6 nitrogen and oxygen atoms in total. The molecule has 3 rings (SSSR count). The number of aromatic amines is 1. The van der Waals surface area contributed by atoms with Crippen molar-refractivity contribution in [2.45, 2.75) is 6.61 Å². The van der Waals surface area contributed by atoms with Crippen LogP contribution in [0, 0.1) is 4.77 Å². The molecular formula is C17H14F2N4O2S. The lowest BCUT2D eigenvalue weighted by Gasteiger charge is -2.06. The number of nitrogens with one attached hydrogen (secondary N) is 1. The van der Waals surface area contributed by atoms with Gasteiger partial charge in [-0.25, -0.2) is 5.10 Å². The molecule has 0 radical (unpaired) electrons. The molecule has 0 aliphatic rings. The largest absolute Gasteiger partial charge is 0.496 e. The van der Waals surface area contributed by atoms with Crippen LogP contribution in [0.15, 0.2) is 53.6 Å². The summed E-state index contributed by atoms with van der Waals surface area (Å²) in [4.78, 5) is 0. The van der Waals surface area contributed by atoms with E-state index in [1.54, 1.807) is 25.5 Å². The number of para-hydroxylation sites is 1. The summed E-state index contributed by atoms with van der Waals surface area (Å²) in [7, 11) is 1.57. The van der Waals surface area contributed by atoms with Crippen LogP contribution in [0.1, 0.15) is 5.56 Å². The molecule has 0 fully saturated rings. The maximum Gasteiger partial charge on any atom is 0.387 e. The van der Waals surface area contributed by atoms with E-state index in [1.165, 1.54) is 16.8 Å². The van der Waals surface area contributed by atoms with Gasteiger partial charge in [-0.1, -0.05) is 12.1 Å². The van der Waals surface area contributed by atoms with Crippen LogP contribution in [0.2, 0.25) is 0 Å². The second kappa shape index (κ2) is 7.87. The SMILES string of the molecule is COc1ccccc1C=Nn1c(-c2ccc(OC(F)F)cc2)n[nH]c1=S. The second-order valence-electron chi connectivity index (χ2n) is 5.05. The molecule has 0 aliphatic heterocycles. The average molecular weight is 376 g/mol. The van der Waals surface area contributed by atoms with Gasteiger partial charge in [-0.2, -0.15) is 23.7 Å². The number of alkyl halides is 2. The van der Waals surface area contributed by atoms with E-state index in [4.69, 9.17) is 17.0 Å². The van der Waals surface area contributed by atoms with Crippen molar-refractivity contribution in [1.29, 1.82) is 0 Å². The van der Waals surface area contributed by atoms with Gasteiger partial charge in [0, 0.05) is 11.1 Å². The summed E-state index contributed by atoms with van der Waals surface area (Å²) in [6, 6.07) is 13.4. The molecule has 0 saturated carbocycles. The number of methoxy groups -OCH3 is 1. The Kier molecular flexibility index (Phi) is 5.37. The molecule has 0 bridgehead atoms. The number of H-pyrrole nitrogens is 1. The molecule has 1 N–H and O–H groups in total. The van der Waals surface area contributed by atoms with Gasteiger partial charge in [0.1, 0.15) is 11.5 Å². The van der Waals surface area contributed by atoms with Crippen LogP contribution >= 0.6 is 12.2 Å². The summed E-state index contributed by atoms with van der Waals surface area (Å²) in [5, 5.41) is 11.2. The van der Waals surface area contributed by atoms with E-state index in [0.29, 0.717) is 21.9 Å². The standard InChI is InChI=1S/C17H14F2N4O2S/c1-24-14-5-3-2-4-12(14)10-20-23-15(21-22-17(23)26)11-6-8-13(9-7-11)25-16(18)19/h2-10,16H,1H3,(H,22,26). The zero-order chi connectivity index (χ0) is 18.5. The molecule has 0 spiro atoms. The molecule has 0 unspecified atom stereocenters. The summed E-state index contributed by atoms with van der Waals surface area (Å²) < 4.78 is 35.8. The summed E-state index contributed by atoms with van der Waals surface area (Å²) in [5.74, 6) is 1.16. The number of nitrogens with zero attached hydrogens (tertiary/aromatic N) is 3. The Morgan fingerprint density at radius 2 is 1.92 bits per heavy atom. The van der Waals surface area contributed by atoms with E-state index < -0.39 is 6.61 Å². The smallest absolute Gasteiger partial charge is 0.387 e. The van der Waals surface area contributed by atoms with Crippen molar-refractivity contribution in [1.82, 2.24) is 14.9 Å². The van der Waals surface area contributed by atoms with Crippen LogP contribution in [0.5, 0.6) is 11.5 Å². The first-order valence-corrected chi connectivity index (χ1v) is 7.89. The van der Waals surface area contributed by atoms with Gasteiger partial charge in [-0.15, -0.1) is 0 Å². The molecule has 3 aromatic rings. The van der Waals surface area contributed by atoms with Gasteiger partial charge < -0.3 is 9.47 Å². The number of rotatable bonds is 6. The van der Waals surface area contributed by atoms with Crippen molar-refractivity contribution in [2.75, 3.05) is 7.11 Å². The Balaban J connectivity index is 1.92. The molecule has 0 amide bonds.